The van der Waals surface area contributed by atoms with Crippen LogP contribution in [0.5, 0.6) is 0 Å². The standard InChI is InChI=1S/C17H22N4O/c1-20-9-3-7-15(20)16-8-4-10-21(16)17(22)12-5-2-6-14-13(12)11-18-19-14/h2,5-6,11,15-16H,3-4,7-10H2,1H3,(H,18,19). The zero-order valence-corrected chi connectivity index (χ0v) is 13.0. The molecule has 5 nitrogen and oxygen atoms in total. The van der Waals surface area contributed by atoms with Crippen LogP contribution in [-0.4, -0.2) is 58.1 Å². The van der Waals surface area contributed by atoms with Crippen LogP contribution >= 0.6 is 0 Å². The number of hydrogen-bond donors (Lipinski definition) is 1. The van der Waals surface area contributed by atoms with E-state index in [9.17, 15) is 4.79 Å². The highest BCUT2D eigenvalue weighted by atomic mass is 16.2. The zero-order chi connectivity index (χ0) is 15.1. The lowest BCUT2D eigenvalue weighted by atomic mass is 10.0. The third-order valence-corrected chi connectivity index (χ3v) is 5.30. The summed E-state index contributed by atoms with van der Waals surface area (Å²) in [6, 6.07) is 6.71. The summed E-state index contributed by atoms with van der Waals surface area (Å²) in [7, 11) is 2.19. The number of amides is 1. The summed E-state index contributed by atoms with van der Waals surface area (Å²) in [5.41, 5.74) is 1.71. The molecular weight excluding hydrogens is 276 g/mol. The molecule has 22 heavy (non-hydrogen) atoms. The summed E-state index contributed by atoms with van der Waals surface area (Å²) in [6.45, 7) is 2.03. The summed E-state index contributed by atoms with van der Waals surface area (Å²) in [5, 5.41) is 7.95. The number of likely N-dealkylation sites (N-methyl/N-ethyl adjacent to an activating group) is 1. The topological polar surface area (TPSA) is 52.2 Å². The Morgan fingerprint density at radius 2 is 2.05 bits per heavy atom. The maximum absolute atomic E-state index is 13.1. The van der Waals surface area contributed by atoms with Gasteiger partial charge in [-0.1, -0.05) is 6.07 Å². The number of aromatic amines is 1. The van der Waals surface area contributed by atoms with Crippen LogP contribution in [0.3, 0.4) is 0 Å². The molecule has 2 atom stereocenters. The van der Waals surface area contributed by atoms with Gasteiger partial charge in [-0.25, -0.2) is 0 Å². The van der Waals surface area contributed by atoms with Gasteiger partial charge in [0.05, 0.1) is 17.3 Å². The molecule has 116 valence electrons. The first kappa shape index (κ1) is 13.8. The Kier molecular flexibility index (Phi) is 3.37. The van der Waals surface area contributed by atoms with Gasteiger partial charge in [-0.3, -0.25) is 9.89 Å². The van der Waals surface area contributed by atoms with Crippen LogP contribution in [0, 0.1) is 0 Å². The number of aromatic nitrogens is 2. The van der Waals surface area contributed by atoms with Crippen molar-refractivity contribution in [3.63, 3.8) is 0 Å². The molecule has 2 unspecified atom stereocenters. The summed E-state index contributed by atoms with van der Waals surface area (Å²) in [6.07, 6.45) is 6.46. The van der Waals surface area contributed by atoms with E-state index in [0.717, 1.165) is 42.4 Å². The van der Waals surface area contributed by atoms with Crippen LogP contribution < -0.4 is 0 Å². The molecule has 2 aliphatic rings. The number of benzene rings is 1. The monoisotopic (exact) mass is 298 g/mol. The minimum absolute atomic E-state index is 0.162. The Morgan fingerprint density at radius 3 is 2.86 bits per heavy atom. The predicted molar refractivity (Wildman–Crippen MR) is 85.8 cm³/mol. The molecule has 4 rings (SSSR count). The van der Waals surface area contributed by atoms with Gasteiger partial charge in [0, 0.05) is 24.0 Å². The summed E-state index contributed by atoms with van der Waals surface area (Å²) in [5.74, 6) is 0.162. The number of nitrogens with zero attached hydrogens (tertiary/aromatic N) is 3. The van der Waals surface area contributed by atoms with Gasteiger partial charge < -0.3 is 9.80 Å². The van der Waals surface area contributed by atoms with E-state index in [1.54, 1.807) is 6.20 Å². The van der Waals surface area contributed by atoms with Crippen molar-refractivity contribution in [1.82, 2.24) is 20.0 Å². The molecule has 0 radical (unpaired) electrons. The van der Waals surface area contributed by atoms with E-state index in [0.29, 0.717) is 12.1 Å². The Balaban J connectivity index is 1.65. The van der Waals surface area contributed by atoms with Gasteiger partial charge in [-0.05, 0) is 51.4 Å². The van der Waals surface area contributed by atoms with Gasteiger partial charge in [0.25, 0.3) is 5.91 Å². The molecule has 2 saturated heterocycles. The van der Waals surface area contributed by atoms with Crippen molar-refractivity contribution in [1.29, 1.82) is 0 Å². The third-order valence-electron chi connectivity index (χ3n) is 5.30. The molecule has 1 amide bonds. The fourth-order valence-corrected chi connectivity index (χ4v) is 4.18. The van der Waals surface area contributed by atoms with E-state index in [4.69, 9.17) is 0 Å². The second kappa shape index (κ2) is 5.39. The largest absolute Gasteiger partial charge is 0.334 e. The van der Waals surface area contributed by atoms with Crippen LogP contribution in [0.15, 0.2) is 24.4 Å². The van der Waals surface area contributed by atoms with E-state index < -0.39 is 0 Å². The minimum Gasteiger partial charge on any atom is -0.334 e. The predicted octanol–water partition coefficient (Wildman–Crippen LogP) is 2.26. The highest BCUT2D eigenvalue weighted by Gasteiger charge is 2.38. The molecule has 1 aromatic carbocycles. The lowest BCUT2D eigenvalue weighted by Crippen LogP contribution is -2.47. The highest BCUT2D eigenvalue weighted by molar-refractivity contribution is 6.06. The highest BCUT2D eigenvalue weighted by Crippen LogP contribution is 2.31. The second-order valence-corrected chi connectivity index (χ2v) is 6.54. The van der Waals surface area contributed by atoms with Crippen LogP contribution in [0.25, 0.3) is 10.9 Å². The fraction of sp³-hybridized carbons (Fsp3) is 0.529. The summed E-state index contributed by atoms with van der Waals surface area (Å²) < 4.78 is 0. The number of hydrogen-bond acceptors (Lipinski definition) is 3. The number of carbonyl (C=O) groups is 1. The number of nitrogens with one attached hydrogen (secondary N) is 1. The van der Waals surface area contributed by atoms with Gasteiger partial charge in [0.2, 0.25) is 0 Å². The Labute approximate surface area is 130 Å². The van der Waals surface area contributed by atoms with Gasteiger partial charge in [0.15, 0.2) is 0 Å². The normalized spacial score (nSPS) is 26.1. The first-order valence-electron chi connectivity index (χ1n) is 8.19. The van der Waals surface area contributed by atoms with Crippen LogP contribution in [-0.2, 0) is 0 Å². The van der Waals surface area contributed by atoms with E-state index >= 15 is 0 Å². The summed E-state index contributed by atoms with van der Waals surface area (Å²) >= 11 is 0. The quantitative estimate of drug-likeness (QED) is 0.925. The lowest BCUT2D eigenvalue weighted by molar-refractivity contribution is 0.0666. The Bertz CT molecular complexity index is 695. The van der Waals surface area contributed by atoms with Gasteiger partial charge in [-0.2, -0.15) is 5.10 Å². The first-order valence-corrected chi connectivity index (χ1v) is 8.19. The maximum atomic E-state index is 13.1. The molecule has 2 fully saturated rings. The average Bonchev–Trinajstić information content (AvgIpc) is 3.25. The molecule has 0 spiro atoms. The Hall–Kier alpha value is -1.88. The number of likely N-dealkylation sites (tertiary alicyclic amines) is 2. The number of fused-ring (bicyclic) bond motifs is 1. The number of H-pyrrole nitrogens is 1. The van der Waals surface area contributed by atoms with E-state index in [1.807, 2.05) is 18.2 Å². The van der Waals surface area contributed by atoms with Gasteiger partial charge in [0.1, 0.15) is 0 Å². The van der Waals surface area contributed by atoms with Crippen molar-refractivity contribution >= 4 is 16.8 Å². The SMILES string of the molecule is CN1CCCC1C1CCCN1C(=O)c1cccc2[nH]ncc12. The maximum Gasteiger partial charge on any atom is 0.254 e. The minimum atomic E-state index is 0.162. The third kappa shape index (κ3) is 2.11. The Morgan fingerprint density at radius 1 is 1.23 bits per heavy atom. The molecule has 0 bridgehead atoms. The smallest absolute Gasteiger partial charge is 0.254 e. The molecule has 0 aliphatic carbocycles. The van der Waals surface area contributed by atoms with Crippen LogP contribution in [0.2, 0.25) is 0 Å². The van der Waals surface area contributed by atoms with Crippen molar-refractivity contribution < 1.29 is 4.79 Å². The summed E-state index contributed by atoms with van der Waals surface area (Å²) in [4.78, 5) is 17.6. The number of carbonyl (C=O) groups excluding carboxylic acids is 1. The van der Waals surface area contributed by atoms with Gasteiger partial charge >= 0.3 is 0 Å². The molecule has 1 aromatic heterocycles. The lowest BCUT2D eigenvalue weighted by Gasteiger charge is -2.33. The molecule has 0 saturated carbocycles. The number of rotatable bonds is 2. The van der Waals surface area contributed by atoms with Crippen molar-refractivity contribution in [2.45, 2.75) is 37.8 Å². The second-order valence-electron chi connectivity index (χ2n) is 6.54. The molecular formula is C17H22N4O. The van der Waals surface area contributed by atoms with Crippen molar-refractivity contribution in [3.05, 3.63) is 30.0 Å². The first-order chi connectivity index (χ1) is 10.8. The van der Waals surface area contributed by atoms with E-state index in [2.05, 4.69) is 27.0 Å². The molecule has 5 heteroatoms. The average molecular weight is 298 g/mol. The molecule has 2 aromatic rings. The molecule has 2 aliphatic heterocycles. The van der Waals surface area contributed by atoms with E-state index in [-0.39, 0.29) is 5.91 Å². The zero-order valence-electron chi connectivity index (χ0n) is 13.0. The fourth-order valence-electron chi connectivity index (χ4n) is 4.18. The van der Waals surface area contributed by atoms with Crippen molar-refractivity contribution in [3.8, 4) is 0 Å². The van der Waals surface area contributed by atoms with E-state index in [1.165, 1.54) is 12.8 Å². The van der Waals surface area contributed by atoms with Crippen LogP contribution in [0.1, 0.15) is 36.0 Å². The van der Waals surface area contributed by atoms with Crippen molar-refractivity contribution in [2.75, 3.05) is 20.1 Å². The van der Waals surface area contributed by atoms with Crippen molar-refractivity contribution in [2.24, 2.45) is 0 Å². The van der Waals surface area contributed by atoms with Gasteiger partial charge in [-0.15, -0.1) is 0 Å². The molecule has 3 heterocycles. The molecule has 1 N–H and O–H groups in total. The van der Waals surface area contributed by atoms with Crippen LogP contribution in [0.4, 0.5) is 0 Å².